The predicted octanol–water partition coefficient (Wildman–Crippen LogP) is 18.9. The molecule has 1 saturated carbocycles. The van der Waals surface area contributed by atoms with Gasteiger partial charge in [0.05, 0.1) is 72.1 Å². The number of para-hydroxylation sites is 6. The normalized spacial score (nSPS) is 16.7. The largest absolute Gasteiger partial charge is 0.507 e. The number of benzene rings is 6. The average Bonchev–Trinajstić information content (AvgIpc) is 0.992. The molecule has 3 aliphatic rings. The van der Waals surface area contributed by atoms with Crippen molar-refractivity contribution in [3.05, 3.63) is 154 Å². The van der Waals surface area contributed by atoms with E-state index in [0.29, 0.717) is 69.2 Å². The lowest BCUT2D eigenvalue weighted by atomic mass is 9.91. The predicted molar refractivity (Wildman–Crippen MR) is 369 cm³/mol. The summed E-state index contributed by atoms with van der Waals surface area (Å²) in [5.41, 5.74) is 5.77. The number of nitrogens with one attached hydrogen (secondary N) is 2. The number of phenols is 2. The fraction of sp³-hybridized carbons (Fsp3) is 0.462. The van der Waals surface area contributed by atoms with Crippen LogP contribution < -0.4 is 20.1 Å². The lowest BCUT2D eigenvalue weighted by Gasteiger charge is -2.25. The first-order valence-electron chi connectivity index (χ1n) is 34.4. The molecule has 0 radical (unpaired) electrons. The van der Waals surface area contributed by atoms with Crippen LogP contribution in [0.4, 0.5) is 11.4 Å². The van der Waals surface area contributed by atoms with Gasteiger partial charge in [0.1, 0.15) is 23.0 Å². The average molecular weight is 1250 g/mol. The van der Waals surface area contributed by atoms with Gasteiger partial charge < -0.3 is 39.8 Å². The molecule has 0 spiro atoms. The Kier molecular flexibility index (Phi) is 25.9. The zero-order chi connectivity index (χ0) is 64.6. The van der Waals surface area contributed by atoms with Crippen molar-refractivity contribution in [2.45, 2.75) is 206 Å². The lowest BCUT2D eigenvalue weighted by Crippen LogP contribution is -2.27. The van der Waals surface area contributed by atoms with Crippen LogP contribution in [-0.4, -0.2) is 84.9 Å². The molecule has 4 atom stereocenters. The van der Waals surface area contributed by atoms with Gasteiger partial charge in [-0.05, 0) is 62.1 Å². The lowest BCUT2D eigenvalue weighted by molar-refractivity contribution is 0.0489. The highest BCUT2D eigenvalue weighted by Crippen LogP contribution is 2.43. The molecule has 488 valence electrons. The molecule has 0 bridgehead atoms. The van der Waals surface area contributed by atoms with Crippen molar-refractivity contribution in [1.29, 1.82) is 0 Å². The van der Waals surface area contributed by atoms with Crippen LogP contribution in [-0.2, 0) is 9.47 Å². The quantitative estimate of drug-likeness (QED) is 0.0172. The molecule has 1 aliphatic carbocycles. The van der Waals surface area contributed by atoms with Crippen LogP contribution in [0.5, 0.6) is 23.0 Å². The number of unbranched alkanes of at least 4 members (excludes halogenated alkanes) is 18. The third-order valence-electron chi connectivity index (χ3n) is 18.3. The van der Waals surface area contributed by atoms with Crippen LogP contribution >= 0.6 is 0 Å². The maximum atomic E-state index is 14.4. The fourth-order valence-electron chi connectivity index (χ4n) is 12.9. The van der Waals surface area contributed by atoms with Gasteiger partial charge >= 0.3 is 11.9 Å². The molecule has 2 aliphatic heterocycles. The summed E-state index contributed by atoms with van der Waals surface area (Å²) in [6, 6.07) is 31.4. The van der Waals surface area contributed by atoms with E-state index in [1.54, 1.807) is 97.4 Å². The van der Waals surface area contributed by atoms with Crippen LogP contribution in [0, 0.1) is 0 Å². The number of carbonyl (C=O) groups is 4. The van der Waals surface area contributed by atoms with Gasteiger partial charge in [0.2, 0.25) is 0 Å². The van der Waals surface area contributed by atoms with E-state index in [4.69, 9.17) is 28.9 Å². The van der Waals surface area contributed by atoms with Crippen LogP contribution in [0.25, 0.3) is 22.3 Å². The van der Waals surface area contributed by atoms with Crippen molar-refractivity contribution in [3.63, 3.8) is 0 Å². The number of esters is 2. The van der Waals surface area contributed by atoms with Gasteiger partial charge in [-0.3, -0.25) is 19.6 Å². The molecule has 14 heteroatoms. The van der Waals surface area contributed by atoms with Crippen LogP contribution in [0.1, 0.15) is 257 Å². The number of fused-ring (bicyclic) bond motifs is 2. The van der Waals surface area contributed by atoms with E-state index in [0.717, 1.165) is 88.2 Å². The van der Waals surface area contributed by atoms with Crippen molar-refractivity contribution < 1.29 is 48.3 Å². The highest BCUT2D eigenvalue weighted by molar-refractivity contribution is 6.14. The second-order valence-electron chi connectivity index (χ2n) is 25.3. The number of carbonyl (C=O) groups excluding carboxylic acids is 4. The zero-order valence-electron chi connectivity index (χ0n) is 54.7. The van der Waals surface area contributed by atoms with E-state index in [1.807, 2.05) is 24.3 Å². The van der Waals surface area contributed by atoms with Gasteiger partial charge in [0.25, 0.3) is 11.8 Å². The summed E-state index contributed by atoms with van der Waals surface area (Å²) in [5.74, 6) is -0.989. The standard InChI is InChI=1S/C78H96N4O10/c1-5-7-9-11-13-15-17-19-21-25-47-89-77(87)63-41-31-37-59(69(63)81-75(85)65-43-29-35-57-53(3)51-91-73(57)65)61-39-27-33-55(71(61)83)49-79-67-45-23-24-46-68(67)80-50-56-34-28-40-62(72(56)84)60-38-32-42-64(78(88)90-48-26-22-20-18-16-14-12-10-8-6-2)70(60)82-76(86)66-44-30-36-58-54(4)52-92-74(58)66/h27-44,49-50,53-54,67-68,83-84H,5-26,45-48,51-52H2,1-4H3,(H,81,85)(H,82,86)/t53-,54-,67+,68+/m1/s1. The Morgan fingerprint density at radius 3 is 1.18 bits per heavy atom. The SMILES string of the molecule is CCCCCCCCCCCCOC(=O)c1cccc(-c2cccc(C=N[C@H]3CCCC[C@@H]3N=Cc3cccc(-c4cccc(C(=O)OCCCCCCCCCCCC)c4NC(=O)c4cccc5c4OC[C@H]5C)c3O)c2O)c1NC(=O)c1cccc2c1OC[C@H]2C. The Morgan fingerprint density at radius 2 is 0.793 bits per heavy atom. The number of aromatic hydroxyl groups is 2. The Labute approximate surface area is 545 Å². The summed E-state index contributed by atoms with van der Waals surface area (Å²) in [7, 11) is 0. The monoisotopic (exact) mass is 1250 g/mol. The number of anilines is 2. The number of amides is 2. The smallest absolute Gasteiger partial charge is 0.340 e. The molecular weight excluding hydrogens is 1150 g/mol. The first kappa shape index (κ1) is 68.1. The zero-order valence-corrected chi connectivity index (χ0v) is 54.7. The molecule has 2 heterocycles. The van der Waals surface area contributed by atoms with Gasteiger partial charge in [-0.25, -0.2) is 9.59 Å². The molecule has 1 fully saturated rings. The maximum Gasteiger partial charge on any atom is 0.340 e. The van der Waals surface area contributed by atoms with Gasteiger partial charge in [0, 0.05) is 68.8 Å². The Morgan fingerprint density at radius 1 is 0.457 bits per heavy atom. The van der Waals surface area contributed by atoms with Crippen molar-refractivity contribution >= 4 is 47.6 Å². The third-order valence-corrected chi connectivity index (χ3v) is 18.3. The molecular formula is C78H96N4O10. The highest BCUT2D eigenvalue weighted by atomic mass is 16.5. The molecule has 6 aromatic carbocycles. The number of nitrogens with zero attached hydrogens (tertiary/aromatic N) is 2. The Balaban J connectivity index is 0.926. The van der Waals surface area contributed by atoms with Gasteiger partial charge in [-0.1, -0.05) is 229 Å². The number of aliphatic imine (C=N–C) groups is 2. The van der Waals surface area contributed by atoms with Gasteiger partial charge in [-0.2, -0.15) is 0 Å². The summed E-state index contributed by atoms with van der Waals surface area (Å²) >= 11 is 0. The summed E-state index contributed by atoms with van der Waals surface area (Å²) in [6.07, 6.45) is 29.6. The molecule has 14 nitrogen and oxygen atoms in total. The maximum absolute atomic E-state index is 14.4. The first-order chi connectivity index (χ1) is 45.0. The topological polar surface area (TPSA) is 194 Å². The molecule has 2 amide bonds. The summed E-state index contributed by atoms with van der Waals surface area (Å²) in [6.45, 7) is 9.95. The minimum atomic E-state index is -0.575. The minimum absolute atomic E-state index is 0.0874. The van der Waals surface area contributed by atoms with Gasteiger partial charge in [-0.15, -0.1) is 0 Å². The Hall–Kier alpha value is -8.26. The summed E-state index contributed by atoms with van der Waals surface area (Å²) < 4.78 is 23.8. The molecule has 92 heavy (non-hydrogen) atoms. The molecule has 0 aromatic heterocycles. The Bertz CT molecular complexity index is 3290. The summed E-state index contributed by atoms with van der Waals surface area (Å²) in [5, 5.41) is 30.5. The number of hydrogen-bond acceptors (Lipinski definition) is 12. The van der Waals surface area contributed by atoms with E-state index < -0.39 is 23.8 Å². The second-order valence-corrected chi connectivity index (χ2v) is 25.3. The number of hydrogen-bond donors (Lipinski definition) is 4. The minimum Gasteiger partial charge on any atom is -0.507 e. The van der Waals surface area contributed by atoms with Crippen molar-refractivity contribution in [2.75, 3.05) is 37.1 Å². The third kappa shape index (κ3) is 17.9. The van der Waals surface area contributed by atoms with Crippen LogP contribution in [0.15, 0.2) is 119 Å². The molecule has 9 rings (SSSR count). The van der Waals surface area contributed by atoms with E-state index in [1.165, 1.54) is 77.0 Å². The number of phenolic OH excluding ortho intramolecular Hbond substituents is 2. The van der Waals surface area contributed by atoms with Crippen LogP contribution in [0.2, 0.25) is 0 Å². The van der Waals surface area contributed by atoms with E-state index in [2.05, 4.69) is 38.3 Å². The van der Waals surface area contributed by atoms with Crippen molar-refractivity contribution in [1.82, 2.24) is 0 Å². The molecule has 0 saturated heterocycles. The summed E-state index contributed by atoms with van der Waals surface area (Å²) in [4.78, 5) is 67.0. The van der Waals surface area contributed by atoms with Gasteiger partial charge in [0.15, 0.2) is 0 Å². The number of rotatable bonds is 34. The van der Waals surface area contributed by atoms with E-state index in [9.17, 15) is 29.4 Å². The highest BCUT2D eigenvalue weighted by Gasteiger charge is 2.31. The number of ether oxygens (including phenoxy) is 4. The second kappa shape index (κ2) is 35.0. The van der Waals surface area contributed by atoms with Crippen molar-refractivity contribution in [3.8, 4) is 45.3 Å². The first-order valence-corrected chi connectivity index (χ1v) is 34.4. The fourth-order valence-corrected chi connectivity index (χ4v) is 12.9. The van der Waals surface area contributed by atoms with Crippen molar-refractivity contribution in [2.24, 2.45) is 9.98 Å². The van der Waals surface area contributed by atoms with E-state index in [-0.39, 0.29) is 71.1 Å². The molecule has 6 aromatic rings. The molecule has 0 unspecified atom stereocenters. The van der Waals surface area contributed by atoms with E-state index >= 15 is 0 Å². The van der Waals surface area contributed by atoms with Crippen LogP contribution in [0.3, 0.4) is 0 Å². The molecule has 4 N–H and O–H groups in total.